The highest BCUT2D eigenvalue weighted by Crippen LogP contribution is 2.38. The van der Waals surface area contributed by atoms with Crippen LogP contribution in [0.15, 0.2) is 0 Å². The zero-order valence-corrected chi connectivity index (χ0v) is 13.2. The largest absolute Gasteiger partial charge is 0.392 e. The lowest BCUT2D eigenvalue weighted by Crippen LogP contribution is -2.01. The molecule has 1 aliphatic rings. The summed E-state index contributed by atoms with van der Waals surface area (Å²) < 4.78 is 0. The van der Waals surface area contributed by atoms with Gasteiger partial charge in [-0.15, -0.1) is 11.3 Å². The van der Waals surface area contributed by atoms with Gasteiger partial charge in [0.15, 0.2) is 0 Å². The zero-order valence-electron chi connectivity index (χ0n) is 12.3. The number of aromatic nitrogens is 1. The number of thiophene rings is 1. The lowest BCUT2D eigenvalue weighted by atomic mass is 9.93. The van der Waals surface area contributed by atoms with E-state index in [4.69, 9.17) is 0 Å². The van der Waals surface area contributed by atoms with Crippen LogP contribution >= 0.6 is 11.3 Å². The highest BCUT2D eigenvalue weighted by molar-refractivity contribution is 7.18. The Morgan fingerprint density at radius 2 is 1.84 bits per heavy atom. The predicted molar refractivity (Wildman–Crippen MR) is 83.0 cm³/mol. The van der Waals surface area contributed by atoms with Crippen LogP contribution in [-0.2, 0) is 19.4 Å². The smallest absolute Gasteiger partial charge is 0.124 e. The van der Waals surface area contributed by atoms with E-state index in [0.29, 0.717) is 0 Å². The molecule has 19 heavy (non-hydrogen) atoms. The number of aryl methyl sites for hydroxylation is 4. The molecule has 0 atom stereocenters. The molecule has 0 spiro atoms. The number of rotatable bonds is 1. The van der Waals surface area contributed by atoms with E-state index in [1.165, 1.54) is 51.9 Å². The molecule has 0 saturated heterocycles. The van der Waals surface area contributed by atoms with Crippen molar-refractivity contribution in [2.24, 2.45) is 0 Å². The summed E-state index contributed by atoms with van der Waals surface area (Å²) in [5, 5.41) is 10.8. The molecule has 2 nitrogen and oxygen atoms in total. The Kier molecular flexibility index (Phi) is 4.58. The zero-order chi connectivity index (χ0) is 14.0. The molecule has 0 fully saturated rings. The molecular weight excluding hydrogens is 254 g/mol. The van der Waals surface area contributed by atoms with Crippen LogP contribution in [0.4, 0.5) is 0 Å². The van der Waals surface area contributed by atoms with Gasteiger partial charge < -0.3 is 5.11 Å². The van der Waals surface area contributed by atoms with Crippen molar-refractivity contribution in [3.05, 3.63) is 27.3 Å². The number of nitrogens with zero attached hydrogens (tertiary/aromatic N) is 1. The second-order valence-corrected chi connectivity index (χ2v) is 5.93. The Bertz CT molecular complexity index is 586. The van der Waals surface area contributed by atoms with Crippen molar-refractivity contribution >= 4 is 21.6 Å². The Balaban J connectivity index is 0.000000637. The fraction of sp³-hybridized carbons (Fsp3) is 0.562. The van der Waals surface area contributed by atoms with E-state index in [1.54, 1.807) is 0 Å². The standard InChI is InChI=1S/C14H17NOS.C2H6/c1-8-11(7-16)9(2)15-14-13(8)10-5-3-4-6-12(10)17-14;1-2/h16H,3-7H2,1-2H3;1-2H3. The molecule has 1 N–H and O–H groups in total. The maximum absolute atomic E-state index is 9.46. The number of pyridine rings is 1. The van der Waals surface area contributed by atoms with Gasteiger partial charge in [-0.1, -0.05) is 13.8 Å². The third-order valence-corrected chi connectivity index (χ3v) is 5.03. The Morgan fingerprint density at radius 1 is 1.16 bits per heavy atom. The Hall–Kier alpha value is -0.930. The van der Waals surface area contributed by atoms with Crippen LogP contribution in [0.2, 0.25) is 0 Å². The number of hydrogen-bond acceptors (Lipinski definition) is 3. The second-order valence-electron chi connectivity index (χ2n) is 4.85. The minimum absolute atomic E-state index is 0.102. The van der Waals surface area contributed by atoms with Gasteiger partial charge in [-0.2, -0.15) is 0 Å². The molecule has 0 saturated carbocycles. The third-order valence-electron chi connectivity index (χ3n) is 3.84. The number of hydrogen-bond donors (Lipinski definition) is 1. The summed E-state index contributed by atoms with van der Waals surface area (Å²) in [6.07, 6.45) is 5.00. The van der Waals surface area contributed by atoms with E-state index in [-0.39, 0.29) is 6.61 Å². The highest BCUT2D eigenvalue weighted by atomic mass is 32.1. The van der Waals surface area contributed by atoms with Crippen LogP contribution in [0.3, 0.4) is 0 Å². The van der Waals surface area contributed by atoms with Gasteiger partial charge in [0.2, 0.25) is 0 Å². The molecule has 2 aromatic heterocycles. The Labute approximate surface area is 119 Å². The fourth-order valence-corrected chi connectivity index (χ4v) is 4.26. The first kappa shape index (κ1) is 14.5. The van der Waals surface area contributed by atoms with Crippen molar-refractivity contribution in [2.45, 2.75) is 60.0 Å². The molecule has 3 heteroatoms. The molecule has 0 radical (unpaired) electrons. The highest BCUT2D eigenvalue weighted by Gasteiger charge is 2.20. The van der Waals surface area contributed by atoms with E-state index in [9.17, 15) is 5.11 Å². The molecule has 2 aromatic rings. The molecule has 0 bridgehead atoms. The Morgan fingerprint density at radius 3 is 2.53 bits per heavy atom. The molecule has 104 valence electrons. The maximum Gasteiger partial charge on any atom is 0.124 e. The minimum Gasteiger partial charge on any atom is -0.392 e. The van der Waals surface area contributed by atoms with Crippen LogP contribution in [-0.4, -0.2) is 10.1 Å². The summed E-state index contributed by atoms with van der Waals surface area (Å²) in [6.45, 7) is 8.23. The SMILES string of the molecule is CC.Cc1nc2sc3c(c2c(C)c1CO)CCCC3. The molecule has 0 aliphatic heterocycles. The molecule has 0 unspecified atom stereocenters. The van der Waals surface area contributed by atoms with Crippen LogP contribution in [0, 0.1) is 13.8 Å². The molecule has 1 aliphatic carbocycles. The average molecular weight is 277 g/mol. The summed E-state index contributed by atoms with van der Waals surface area (Å²) >= 11 is 1.85. The van der Waals surface area contributed by atoms with Crippen molar-refractivity contribution in [3.8, 4) is 0 Å². The van der Waals surface area contributed by atoms with Crippen molar-refractivity contribution in [3.63, 3.8) is 0 Å². The van der Waals surface area contributed by atoms with E-state index >= 15 is 0 Å². The number of fused-ring (bicyclic) bond motifs is 3. The van der Waals surface area contributed by atoms with Gasteiger partial charge in [-0.25, -0.2) is 4.98 Å². The van der Waals surface area contributed by atoms with E-state index in [2.05, 4.69) is 11.9 Å². The summed E-state index contributed by atoms with van der Waals surface area (Å²) in [4.78, 5) is 7.37. The lowest BCUT2D eigenvalue weighted by molar-refractivity contribution is 0.280. The van der Waals surface area contributed by atoms with Crippen molar-refractivity contribution in [1.29, 1.82) is 0 Å². The van der Waals surface area contributed by atoms with Gasteiger partial charge in [-0.3, -0.25) is 0 Å². The van der Waals surface area contributed by atoms with Gasteiger partial charge in [0.1, 0.15) is 4.83 Å². The molecule has 3 rings (SSSR count). The van der Waals surface area contributed by atoms with E-state index < -0.39 is 0 Å². The monoisotopic (exact) mass is 277 g/mol. The van der Waals surface area contributed by atoms with E-state index in [1.807, 2.05) is 32.1 Å². The van der Waals surface area contributed by atoms with E-state index in [0.717, 1.165) is 11.3 Å². The van der Waals surface area contributed by atoms with Crippen molar-refractivity contribution in [1.82, 2.24) is 4.98 Å². The lowest BCUT2D eigenvalue weighted by Gasteiger charge is -2.13. The second kappa shape index (κ2) is 6.02. The molecular formula is C16H23NOS. The summed E-state index contributed by atoms with van der Waals surface area (Å²) in [7, 11) is 0. The first-order chi connectivity index (χ1) is 9.22. The van der Waals surface area contributed by atoms with Gasteiger partial charge in [-0.05, 0) is 50.7 Å². The fourth-order valence-electron chi connectivity index (χ4n) is 2.89. The quantitative estimate of drug-likeness (QED) is 0.842. The van der Waals surface area contributed by atoms with Gasteiger partial charge >= 0.3 is 0 Å². The summed E-state index contributed by atoms with van der Waals surface area (Å²) in [6, 6.07) is 0. The molecule has 2 heterocycles. The molecule has 0 amide bonds. The summed E-state index contributed by atoms with van der Waals surface area (Å²) in [5.74, 6) is 0. The van der Waals surface area contributed by atoms with Gasteiger partial charge in [0.25, 0.3) is 0 Å². The van der Waals surface area contributed by atoms with Crippen LogP contribution in [0.1, 0.15) is 54.0 Å². The number of aliphatic hydroxyl groups is 1. The maximum atomic E-state index is 9.46. The van der Waals surface area contributed by atoms with Crippen LogP contribution in [0.5, 0.6) is 0 Å². The van der Waals surface area contributed by atoms with Crippen LogP contribution in [0.25, 0.3) is 10.2 Å². The predicted octanol–water partition coefficient (Wildman–Crippen LogP) is 4.31. The van der Waals surface area contributed by atoms with Crippen molar-refractivity contribution < 1.29 is 5.11 Å². The number of aliphatic hydroxyl groups excluding tert-OH is 1. The minimum atomic E-state index is 0.102. The topological polar surface area (TPSA) is 33.1 Å². The first-order valence-electron chi connectivity index (χ1n) is 7.23. The summed E-state index contributed by atoms with van der Waals surface area (Å²) in [5.41, 5.74) is 4.75. The first-order valence-corrected chi connectivity index (χ1v) is 8.05. The normalized spacial score (nSPS) is 13.9. The van der Waals surface area contributed by atoms with Crippen LogP contribution < -0.4 is 0 Å². The molecule has 0 aromatic carbocycles. The van der Waals surface area contributed by atoms with Crippen molar-refractivity contribution in [2.75, 3.05) is 0 Å². The van der Waals surface area contributed by atoms with Gasteiger partial charge in [0.05, 0.1) is 6.61 Å². The third kappa shape index (κ3) is 2.41. The van der Waals surface area contributed by atoms with Gasteiger partial charge in [0, 0.05) is 21.5 Å². The average Bonchev–Trinajstić information content (AvgIpc) is 2.79.